The first-order valence-electron chi connectivity index (χ1n) is 10.8. The number of carboxylic acid groups (broad SMARTS) is 1. The van der Waals surface area contributed by atoms with Gasteiger partial charge in [0.25, 0.3) is 5.91 Å². The van der Waals surface area contributed by atoms with E-state index < -0.39 is 5.97 Å². The van der Waals surface area contributed by atoms with Crippen LogP contribution in [0.1, 0.15) is 33.9 Å². The first kappa shape index (κ1) is 22.8. The molecule has 2 heterocycles. The SMILES string of the molecule is Cc1nn(Cc2cccc(Oc3ccccc3)c2)c(C)c1NC(=O)c1ccn(CCC(=O)O)n1. The highest BCUT2D eigenvalue weighted by atomic mass is 16.5. The van der Waals surface area contributed by atoms with Crippen LogP contribution in [-0.4, -0.2) is 36.5 Å². The minimum absolute atomic E-state index is 0.0642. The molecule has 0 fully saturated rings. The first-order chi connectivity index (χ1) is 16.4. The third-order valence-electron chi connectivity index (χ3n) is 5.26. The van der Waals surface area contributed by atoms with Gasteiger partial charge in [-0.1, -0.05) is 30.3 Å². The Morgan fingerprint density at radius 2 is 1.76 bits per heavy atom. The van der Waals surface area contributed by atoms with Gasteiger partial charge in [-0.25, -0.2) is 0 Å². The number of hydrogen-bond donors (Lipinski definition) is 2. The van der Waals surface area contributed by atoms with Crippen molar-refractivity contribution >= 4 is 17.6 Å². The quantitative estimate of drug-likeness (QED) is 0.387. The van der Waals surface area contributed by atoms with Gasteiger partial charge in [-0.2, -0.15) is 10.2 Å². The number of benzene rings is 2. The number of para-hydroxylation sites is 1. The van der Waals surface area contributed by atoms with Gasteiger partial charge < -0.3 is 15.2 Å². The second kappa shape index (κ2) is 10.0. The molecule has 0 aliphatic heterocycles. The zero-order valence-corrected chi connectivity index (χ0v) is 18.9. The number of carbonyl (C=O) groups excluding carboxylic acids is 1. The molecule has 4 rings (SSSR count). The van der Waals surface area contributed by atoms with Crippen molar-refractivity contribution in [2.75, 3.05) is 5.32 Å². The minimum Gasteiger partial charge on any atom is -0.481 e. The lowest BCUT2D eigenvalue weighted by atomic mass is 10.2. The number of aliphatic carboxylic acids is 1. The topological polar surface area (TPSA) is 111 Å². The summed E-state index contributed by atoms with van der Waals surface area (Å²) in [4.78, 5) is 23.4. The molecule has 174 valence electrons. The summed E-state index contributed by atoms with van der Waals surface area (Å²) in [6, 6.07) is 18.9. The Bertz CT molecular complexity index is 1310. The summed E-state index contributed by atoms with van der Waals surface area (Å²) in [5.41, 5.74) is 3.34. The van der Waals surface area contributed by atoms with Gasteiger partial charge in [-0.3, -0.25) is 19.0 Å². The third-order valence-corrected chi connectivity index (χ3v) is 5.26. The van der Waals surface area contributed by atoms with Gasteiger partial charge in [-0.15, -0.1) is 0 Å². The number of hydrogen-bond acceptors (Lipinski definition) is 5. The fourth-order valence-electron chi connectivity index (χ4n) is 3.53. The van der Waals surface area contributed by atoms with Gasteiger partial charge >= 0.3 is 5.97 Å². The summed E-state index contributed by atoms with van der Waals surface area (Å²) in [6.07, 6.45) is 1.52. The number of rotatable bonds is 9. The molecule has 4 aromatic rings. The Hall–Kier alpha value is -4.40. The van der Waals surface area contributed by atoms with E-state index >= 15 is 0 Å². The second-order valence-corrected chi connectivity index (χ2v) is 7.83. The molecule has 0 atom stereocenters. The summed E-state index contributed by atoms with van der Waals surface area (Å²) in [5.74, 6) is 0.203. The number of nitrogens with one attached hydrogen (secondary N) is 1. The van der Waals surface area contributed by atoms with Gasteiger partial charge in [0, 0.05) is 6.20 Å². The van der Waals surface area contributed by atoms with Crippen LogP contribution >= 0.6 is 0 Å². The van der Waals surface area contributed by atoms with Crippen molar-refractivity contribution in [1.82, 2.24) is 19.6 Å². The van der Waals surface area contributed by atoms with Crippen LogP contribution in [-0.2, 0) is 17.9 Å². The van der Waals surface area contributed by atoms with Crippen LogP contribution in [0.3, 0.4) is 0 Å². The molecule has 34 heavy (non-hydrogen) atoms. The largest absolute Gasteiger partial charge is 0.481 e. The van der Waals surface area contributed by atoms with Gasteiger partial charge in [0.15, 0.2) is 5.69 Å². The van der Waals surface area contributed by atoms with Crippen LogP contribution < -0.4 is 10.1 Å². The van der Waals surface area contributed by atoms with Crippen molar-refractivity contribution in [1.29, 1.82) is 0 Å². The van der Waals surface area contributed by atoms with Crippen molar-refractivity contribution in [3.63, 3.8) is 0 Å². The van der Waals surface area contributed by atoms with Crippen molar-refractivity contribution < 1.29 is 19.4 Å². The van der Waals surface area contributed by atoms with E-state index in [0.717, 1.165) is 22.8 Å². The summed E-state index contributed by atoms with van der Waals surface area (Å²) >= 11 is 0. The molecular weight excluding hydrogens is 434 g/mol. The highest BCUT2D eigenvalue weighted by Gasteiger charge is 2.17. The van der Waals surface area contributed by atoms with E-state index in [1.54, 1.807) is 12.3 Å². The number of ether oxygens (including phenoxy) is 1. The van der Waals surface area contributed by atoms with Crippen LogP contribution in [0.5, 0.6) is 11.5 Å². The summed E-state index contributed by atoms with van der Waals surface area (Å²) < 4.78 is 9.19. The fraction of sp³-hybridized carbons (Fsp3) is 0.200. The number of anilines is 1. The smallest absolute Gasteiger partial charge is 0.305 e. The van der Waals surface area contributed by atoms with E-state index in [0.29, 0.717) is 17.9 Å². The summed E-state index contributed by atoms with van der Waals surface area (Å²) in [5, 5.41) is 20.4. The second-order valence-electron chi connectivity index (χ2n) is 7.83. The number of carboxylic acids is 1. The number of carbonyl (C=O) groups is 2. The van der Waals surface area contributed by atoms with Crippen LogP contribution in [0.2, 0.25) is 0 Å². The van der Waals surface area contributed by atoms with Crippen LogP contribution in [0.25, 0.3) is 0 Å². The molecule has 0 aliphatic carbocycles. The number of amides is 1. The Balaban J connectivity index is 1.45. The maximum absolute atomic E-state index is 12.7. The predicted octanol–water partition coefficient (Wildman–Crippen LogP) is 4.26. The standard InChI is InChI=1S/C25H25N5O4/c1-17-24(26-25(33)22-11-13-29(28-22)14-12-23(31)32)18(2)30(27-17)16-19-7-6-10-21(15-19)34-20-8-4-3-5-9-20/h3-11,13,15H,12,14,16H2,1-2H3,(H,26,33)(H,31,32). The Morgan fingerprint density at radius 3 is 2.53 bits per heavy atom. The maximum Gasteiger partial charge on any atom is 0.305 e. The Kier molecular flexibility index (Phi) is 6.72. The molecule has 9 heteroatoms. The van der Waals surface area contributed by atoms with E-state index in [4.69, 9.17) is 9.84 Å². The average molecular weight is 460 g/mol. The minimum atomic E-state index is -0.919. The zero-order valence-electron chi connectivity index (χ0n) is 18.9. The number of nitrogens with zero attached hydrogens (tertiary/aromatic N) is 4. The number of aryl methyl sites for hydroxylation is 2. The molecule has 2 N–H and O–H groups in total. The van der Waals surface area contributed by atoms with Gasteiger partial charge in [0.2, 0.25) is 0 Å². The van der Waals surface area contributed by atoms with Crippen molar-refractivity contribution in [2.24, 2.45) is 0 Å². The maximum atomic E-state index is 12.7. The lowest BCUT2D eigenvalue weighted by molar-refractivity contribution is -0.137. The number of aromatic nitrogens is 4. The van der Waals surface area contributed by atoms with Crippen LogP contribution in [0.4, 0.5) is 5.69 Å². The monoisotopic (exact) mass is 459 g/mol. The molecule has 2 aromatic heterocycles. The van der Waals surface area contributed by atoms with Crippen molar-refractivity contribution in [2.45, 2.75) is 33.4 Å². The van der Waals surface area contributed by atoms with E-state index in [2.05, 4.69) is 15.5 Å². The molecule has 1 amide bonds. The molecule has 0 bridgehead atoms. The summed E-state index contributed by atoms with van der Waals surface area (Å²) in [7, 11) is 0. The molecule has 9 nitrogen and oxygen atoms in total. The Morgan fingerprint density at radius 1 is 1.00 bits per heavy atom. The fourth-order valence-corrected chi connectivity index (χ4v) is 3.53. The van der Waals surface area contributed by atoms with Crippen molar-refractivity contribution in [3.8, 4) is 11.5 Å². The zero-order chi connectivity index (χ0) is 24.1. The molecular formula is C25H25N5O4. The van der Waals surface area contributed by atoms with Gasteiger partial charge in [-0.05, 0) is 49.7 Å². The summed E-state index contributed by atoms with van der Waals surface area (Å²) in [6.45, 7) is 4.44. The van der Waals surface area contributed by atoms with E-state index in [1.165, 1.54) is 4.68 Å². The molecule has 0 radical (unpaired) electrons. The lowest BCUT2D eigenvalue weighted by Crippen LogP contribution is -2.15. The van der Waals surface area contributed by atoms with E-state index in [9.17, 15) is 9.59 Å². The highest BCUT2D eigenvalue weighted by molar-refractivity contribution is 6.03. The highest BCUT2D eigenvalue weighted by Crippen LogP contribution is 2.24. The van der Waals surface area contributed by atoms with E-state index in [-0.39, 0.29) is 24.6 Å². The lowest BCUT2D eigenvalue weighted by Gasteiger charge is -2.09. The van der Waals surface area contributed by atoms with Crippen molar-refractivity contribution in [3.05, 3.63) is 89.5 Å². The molecule has 0 saturated carbocycles. The average Bonchev–Trinajstić information content (AvgIpc) is 3.39. The van der Waals surface area contributed by atoms with Gasteiger partial charge in [0.1, 0.15) is 11.5 Å². The Labute approximate surface area is 196 Å². The molecule has 2 aromatic carbocycles. The van der Waals surface area contributed by atoms with E-state index in [1.807, 2.05) is 73.1 Å². The molecule has 0 unspecified atom stereocenters. The predicted molar refractivity (Wildman–Crippen MR) is 126 cm³/mol. The van der Waals surface area contributed by atoms with Gasteiger partial charge in [0.05, 0.1) is 36.6 Å². The van der Waals surface area contributed by atoms with Crippen LogP contribution in [0, 0.1) is 13.8 Å². The normalized spacial score (nSPS) is 10.8. The first-order valence-corrected chi connectivity index (χ1v) is 10.8. The third kappa shape index (κ3) is 5.50. The molecule has 0 aliphatic rings. The molecule has 0 spiro atoms. The molecule has 0 saturated heterocycles. The van der Waals surface area contributed by atoms with Crippen LogP contribution in [0.15, 0.2) is 66.9 Å².